The van der Waals surface area contributed by atoms with E-state index in [9.17, 15) is 8.42 Å². The summed E-state index contributed by atoms with van der Waals surface area (Å²) >= 11 is 0. The maximum absolute atomic E-state index is 11.9. The van der Waals surface area contributed by atoms with Crippen LogP contribution in [0.2, 0.25) is 0 Å². The van der Waals surface area contributed by atoms with Crippen LogP contribution in [0.25, 0.3) is 5.69 Å². The Morgan fingerprint density at radius 1 is 1.31 bits per heavy atom. The Balaban J connectivity index is 1.60. The molecule has 2 aromatic rings. The first-order valence-corrected chi connectivity index (χ1v) is 10.5. The number of aryl methyl sites for hydroxylation is 1. The van der Waals surface area contributed by atoms with Gasteiger partial charge in [-0.05, 0) is 50.6 Å². The minimum absolute atomic E-state index is 0.0153. The van der Waals surface area contributed by atoms with Crippen molar-refractivity contribution >= 4 is 10.0 Å². The molecule has 2 atom stereocenters. The van der Waals surface area contributed by atoms with Gasteiger partial charge < -0.3 is 9.47 Å². The summed E-state index contributed by atoms with van der Waals surface area (Å²) in [6.45, 7) is 5.03. The van der Waals surface area contributed by atoms with Crippen LogP contribution in [0.4, 0.5) is 0 Å². The maximum Gasteiger partial charge on any atom is 0.211 e. The van der Waals surface area contributed by atoms with E-state index in [1.807, 2.05) is 48.1 Å². The second-order valence-corrected chi connectivity index (χ2v) is 8.50. The van der Waals surface area contributed by atoms with Crippen LogP contribution in [0, 0.1) is 12.8 Å². The molecule has 8 heteroatoms. The molecule has 7 nitrogen and oxygen atoms in total. The third-order valence-corrected chi connectivity index (χ3v) is 5.89. The number of sulfonamides is 1. The SMILES string of the molecule is CCS(=O)(=O)N[C@H]1CCOC[C@@H]1COc1ccc(-n2ccc(C)n2)cc1. The molecule has 1 N–H and O–H groups in total. The molecule has 0 amide bonds. The maximum atomic E-state index is 11.9. The number of aromatic nitrogens is 2. The van der Waals surface area contributed by atoms with E-state index in [0.29, 0.717) is 26.2 Å². The van der Waals surface area contributed by atoms with Gasteiger partial charge in [-0.2, -0.15) is 5.10 Å². The summed E-state index contributed by atoms with van der Waals surface area (Å²) in [6, 6.07) is 9.46. The minimum atomic E-state index is -3.24. The Bertz CT molecular complexity index is 817. The fourth-order valence-corrected chi connectivity index (χ4v) is 3.83. The van der Waals surface area contributed by atoms with Crippen LogP contribution in [0.5, 0.6) is 5.75 Å². The molecule has 1 fully saturated rings. The Morgan fingerprint density at radius 2 is 2.08 bits per heavy atom. The molecule has 0 saturated carbocycles. The molecule has 1 aliphatic rings. The number of ether oxygens (including phenoxy) is 2. The smallest absolute Gasteiger partial charge is 0.211 e. The zero-order valence-electron chi connectivity index (χ0n) is 15.1. The van der Waals surface area contributed by atoms with E-state index in [2.05, 4.69) is 9.82 Å². The quantitative estimate of drug-likeness (QED) is 0.795. The first-order valence-electron chi connectivity index (χ1n) is 8.80. The van der Waals surface area contributed by atoms with E-state index >= 15 is 0 Å². The summed E-state index contributed by atoms with van der Waals surface area (Å²) in [5, 5.41) is 4.38. The first-order chi connectivity index (χ1) is 12.5. The summed E-state index contributed by atoms with van der Waals surface area (Å²) in [4.78, 5) is 0. The monoisotopic (exact) mass is 379 g/mol. The van der Waals surface area contributed by atoms with Crippen molar-refractivity contribution in [1.29, 1.82) is 0 Å². The fourth-order valence-electron chi connectivity index (χ4n) is 2.89. The van der Waals surface area contributed by atoms with E-state index in [1.165, 1.54) is 0 Å². The molecule has 1 saturated heterocycles. The Labute approximate surface area is 154 Å². The Hall–Kier alpha value is -1.90. The highest BCUT2D eigenvalue weighted by Gasteiger charge is 2.29. The summed E-state index contributed by atoms with van der Waals surface area (Å²) in [7, 11) is -3.24. The third kappa shape index (κ3) is 4.84. The molecule has 1 aromatic carbocycles. The molecule has 1 aromatic heterocycles. The van der Waals surface area contributed by atoms with Crippen LogP contribution < -0.4 is 9.46 Å². The lowest BCUT2D eigenvalue weighted by Crippen LogP contribution is -2.47. The van der Waals surface area contributed by atoms with Crippen molar-refractivity contribution in [1.82, 2.24) is 14.5 Å². The van der Waals surface area contributed by atoms with Gasteiger partial charge in [0.25, 0.3) is 0 Å². The highest BCUT2D eigenvalue weighted by Crippen LogP contribution is 2.20. The molecule has 3 rings (SSSR count). The number of hydrogen-bond donors (Lipinski definition) is 1. The second-order valence-electron chi connectivity index (χ2n) is 6.46. The summed E-state index contributed by atoms with van der Waals surface area (Å²) in [5.41, 5.74) is 1.92. The van der Waals surface area contributed by atoms with Gasteiger partial charge in [0, 0.05) is 24.8 Å². The van der Waals surface area contributed by atoms with Gasteiger partial charge in [-0.1, -0.05) is 0 Å². The molecule has 0 aliphatic carbocycles. The van der Waals surface area contributed by atoms with Crippen molar-refractivity contribution in [3.63, 3.8) is 0 Å². The summed E-state index contributed by atoms with van der Waals surface area (Å²) in [6.07, 6.45) is 2.57. The Kier molecular flexibility index (Phi) is 5.95. The van der Waals surface area contributed by atoms with Crippen LogP contribution in [-0.2, 0) is 14.8 Å². The van der Waals surface area contributed by atoms with Crippen LogP contribution in [0.15, 0.2) is 36.5 Å². The van der Waals surface area contributed by atoms with Gasteiger partial charge in [-0.15, -0.1) is 0 Å². The molecular formula is C18H25N3O4S. The average Bonchev–Trinajstić information content (AvgIpc) is 3.07. The largest absolute Gasteiger partial charge is 0.493 e. The van der Waals surface area contributed by atoms with Crippen molar-refractivity contribution in [3.8, 4) is 11.4 Å². The molecule has 0 radical (unpaired) electrons. The molecule has 0 spiro atoms. The zero-order valence-corrected chi connectivity index (χ0v) is 15.9. The molecular weight excluding hydrogens is 354 g/mol. The van der Waals surface area contributed by atoms with Gasteiger partial charge >= 0.3 is 0 Å². The van der Waals surface area contributed by atoms with Crippen LogP contribution in [0.1, 0.15) is 19.0 Å². The standard InChI is InChI=1S/C18H25N3O4S/c1-3-26(22,23)20-18-9-11-24-12-15(18)13-25-17-6-4-16(5-7-17)21-10-8-14(2)19-21/h4-8,10,15,18,20H,3,9,11-13H2,1-2H3/t15-,18+/m1/s1. The van der Waals surface area contributed by atoms with E-state index in [0.717, 1.165) is 17.1 Å². The molecule has 0 unspecified atom stereocenters. The van der Waals surface area contributed by atoms with Gasteiger partial charge in [0.1, 0.15) is 5.75 Å². The Morgan fingerprint density at radius 3 is 2.73 bits per heavy atom. The highest BCUT2D eigenvalue weighted by molar-refractivity contribution is 7.89. The predicted octanol–water partition coefficient (Wildman–Crippen LogP) is 1.90. The zero-order chi connectivity index (χ0) is 18.6. The van der Waals surface area contributed by atoms with Gasteiger partial charge in [-0.25, -0.2) is 17.8 Å². The van der Waals surface area contributed by atoms with E-state index in [1.54, 1.807) is 6.92 Å². The van der Waals surface area contributed by atoms with Crippen molar-refractivity contribution in [2.45, 2.75) is 26.3 Å². The van der Waals surface area contributed by atoms with Crippen LogP contribution >= 0.6 is 0 Å². The van der Waals surface area contributed by atoms with Crippen molar-refractivity contribution in [2.24, 2.45) is 5.92 Å². The van der Waals surface area contributed by atoms with E-state index in [4.69, 9.17) is 9.47 Å². The lowest BCUT2D eigenvalue weighted by Gasteiger charge is -2.31. The van der Waals surface area contributed by atoms with Gasteiger partial charge in [0.05, 0.1) is 30.3 Å². The number of benzene rings is 1. The molecule has 2 heterocycles. The van der Waals surface area contributed by atoms with Crippen molar-refractivity contribution < 1.29 is 17.9 Å². The fraction of sp³-hybridized carbons (Fsp3) is 0.500. The van der Waals surface area contributed by atoms with Gasteiger partial charge in [0.15, 0.2) is 0 Å². The number of nitrogens with one attached hydrogen (secondary N) is 1. The van der Waals surface area contributed by atoms with E-state index < -0.39 is 10.0 Å². The summed E-state index contributed by atoms with van der Waals surface area (Å²) in [5.74, 6) is 0.797. The number of hydrogen-bond acceptors (Lipinski definition) is 5. The van der Waals surface area contributed by atoms with Gasteiger partial charge in [0.2, 0.25) is 10.0 Å². The second kappa shape index (κ2) is 8.20. The van der Waals surface area contributed by atoms with Crippen molar-refractivity contribution in [3.05, 3.63) is 42.2 Å². The minimum Gasteiger partial charge on any atom is -0.493 e. The van der Waals surface area contributed by atoms with Gasteiger partial charge in [-0.3, -0.25) is 0 Å². The summed E-state index contributed by atoms with van der Waals surface area (Å²) < 4.78 is 39.7. The molecule has 0 bridgehead atoms. The molecule has 1 aliphatic heterocycles. The average molecular weight is 379 g/mol. The van der Waals surface area contributed by atoms with Crippen LogP contribution in [-0.4, -0.2) is 49.8 Å². The highest BCUT2D eigenvalue weighted by atomic mass is 32.2. The van der Waals surface area contributed by atoms with Crippen molar-refractivity contribution in [2.75, 3.05) is 25.6 Å². The lowest BCUT2D eigenvalue weighted by atomic mass is 9.98. The molecule has 26 heavy (non-hydrogen) atoms. The lowest BCUT2D eigenvalue weighted by molar-refractivity contribution is 0.0186. The number of nitrogens with zero attached hydrogens (tertiary/aromatic N) is 2. The van der Waals surface area contributed by atoms with Crippen LogP contribution in [0.3, 0.4) is 0 Å². The predicted molar refractivity (Wildman–Crippen MR) is 99.1 cm³/mol. The topological polar surface area (TPSA) is 82.5 Å². The normalized spacial score (nSPS) is 20.8. The molecule has 142 valence electrons. The number of rotatable bonds is 7. The van der Waals surface area contributed by atoms with E-state index in [-0.39, 0.29) is 17.7 Å². The third-order valence-electron chi connectivity index (χ3n) is 4.47. The first kappa shape index (κ1) is 18.9.